The second kappa shape index (κ2) is 8.20. The van der Waals surface area contributed by atoms with Gasteiger partial charge >= 0.3 is 5.97 Å². The number of hydrogen-bond acceptors (Lipinski definition) is 5. The van der Waals surface area contributed by atoms with Gasteiger partial charge in [0.1, 0.15) is 18.7 Å². The largest absolute Gasteiger partial charge is 0.486 e. The number of rotatable bonds is 6. The van der Waals surface area contributed by atoms with E-state index in [4.69, 9.17) is 21.1 Å². The van der Waals surface area contributed by atoms with Crippen molar-refractivity contribution in [1.82, 2.24) is 14.6 Å². The first-order valence-corrected chi connectivity index (χ1v) is 10.1. The molecule has 0 saturated carbocycles. The summed E-state index contributed by atoms with van der Waals surface area (Å²) in [6, 6.07) is 22.0. The molecular formula is C24H16ClN3O4. The van der Waals surface area contributed by atoms with Crippen LogP contribution < -0.4 is 9.47 Å². The van der Waals surface area contributed by atoms with Crippen LogP contribution in [0.25, 0.3) is 16.4 Å². The predicted molar refractivity (Wildman–Crippen MR) is 120 cm³/mol. The number of carbonyl (C=O) groups is 1. The summed E-state index contributed by atoms with van der Waals surface area (Å²) < 4.78 is 13.4. The van der Waals surface area contributed by atoms with Crippen LogP contribution in [0, 0.1) is 0 Å². The minimum atomic E-state index is -1.19. The van der Waals surface area contributed by atoms with Gasteiger partial charge in [-0.2, -0.15) is 5.10 Å². The van der Waals surface area contributed by atoms with Gasteiger partial charge in [-0.25, -0.2) is 14.3 Å². The number of ether oxygens (including phenoxy) is 2. The molecule has 32 heavy (non-hydrogen) atoms. The van der Waals surface area contributed by atoms with Crippen LogP contribution in [0.15, 0.2) is 79.1 Å². The van der Waals surface area contributed by atoms with Crippen molar-refractivity contribution in [2.45, 2.75) is 6.61 Å². The number of carboxylic acids is 1. The Bertz CT molecular complexity index is 1440. The highest BCUT2D eigenvalue weighted by atomic mass is 35.5. The zero-order chi connectivity index (χ0) is 22.1. The van der Waals surface area contributed by atoms with E-state index in [0.717, 1.165) is 5.56 Å². The van der Waals surface area contributed by atoms with Gasteiger partial charge in [-0.05, 0) is 29.8 Å². The number of hydrogen-bond donors (Lipinski definition) is 1. The molecule has 0 radical (unpaired) electrons. The van der Waals surface area contributed by atoms with Crippen molar-refractivity contribution < 1.29 is 19.4 Å². The van der Waals surface area contributed by atoms with Gasteiger partial charge < -0.3 is 14.6 Å². The number of carboxylic acid groups (broad SMARTS) is 1. The van der Waals surface area contributed by atoms with E-state index in [9.17, 15) is 9.90 Å². The van der Waals surface area contributed by atoms with Gasteiger partial charge in [0.25, 0.3) is 0 Å². The van der Waals surface area contributed by atoms with Gasteiger partial charge in [-0.15, -0.1) is 0 Å². The van der Waals surface area contributed by atoms with Crippen LogP contribution >= 0.6 is 11.6 Å². The molecule has 1 N–H and O–H groups in total. The van der Waals surface area contributed by atoms with Crippen LogP contribution in [0.5, 0.6) is 17.2 Å². The van der Waals surface area contributed by atoms with E-state index in [1.807, 2.05) is 48.5 Å². The number of para-hydroxylation sites is 1. The Balaban J connectivity index is 1.76. The van der Waals surface area contributed by atoms with E-state index in [-0.39, 0.29) is 18.1 Å². The quantitative estimate of drug-likeness (QED) is 0.366. The lowest BCUT2D eigenvalue weighted by Gasteiger charge is -2.17. The van der Waals surface area contributed by atoms with Gasteiger partial charge in [0.05, 0.1) is 10.4 Å². The molecule has 0 aliphatic rings. The van der Waals surface area contributed by atoms with E-state index in [0.29, 0.717) is 32.9 Å². The Kier molecular flexibility index (Phi) is 5.09. The summed E-state index contributed by atoms with van der Waals surface area (Å²) in [7, 11) is 0. The second-order valence-electron chi connectivity index (χ2n) is 6.97. The molecule has 0 aliphatic heterocycles. The van der Waals surface area contributed by atoms with Crippen molar-refractivity contribution in [3.05, 3.63) is 95.4 Å². The molecule has 2 heterocycles. The van der Waals surface area contributed by atoms with E-state index in [1.54, 1.807) is 24.3 Å². The lowest BCUT2D eigenvalue weighted by molar-refractivity contribution is 0.0682. The third-order valence-electron chi connectivity index (χ3n) is 4.94. The fraction of sp³-hybridized carbons (Fsp3) is 0.0417. The maximum absolute atomic E-state index is 12.2. The molecule has 3 aromatic carbocycles. The topological polar surface area (TPSA) is 86.0 Å². The molecule has 5 rings (SSSR count). The summed E-state index contributed by atoms with van der Waals surface area (Å²) in [6.45, 7) is 0.175. The van der Waals surface area contributed by atoms with Crippen LogP contribution in [0.1, 0.15) is 16.1 Å². The van der Waals surface area contributed by atoms with Gasteiger partial charge in [0, 0.05) is 5.39 Å². The molecule has 0 bridgehead atoms. The molecule has 0 saturated heterocycles. The van der Waals surface area contributed by atoms with E-state index >= 15 is 0 Å². The summed E-state index contributed by atoms with van der Waals surface area (Å²) in [5.41, 5.74) is 1.07. The SMILES string of the molecule is O=C(O)c1c(OCc2ccccc2)c2ccc(Cl)c(Oc3ccccc3)c2c2ncnn12. The monoisotopic (exact) mass is 445 g/mol. The van der Waals surface area contributed by atoms with Crippen molar-refractivity contribution in [1.29, 1.82) is 0 Å². The molecular weight excluding hydrogens is 430 g/mol. The number of aromatic carboxylic acids is 1. The van der Waals surface area contributed by atoms with Gasteiger partial charge in [-0.1, -0.05) is 60.1 Å². The van der Waals surface area contributed by atoms with Crippen LogP contribution in [0.2, 0.25) is 5.02 Å². The van der Waals surface area contributed by atoms with Crippen molar-refractivity contribution in [2.24, 2.45) is 0 Å². The average molecular weight is 446 g/mol. The van der Waals surface area contributed by atoms with Crippen LogP contribution in [0.3, 0.4) is 0 Å². The van der Waals surface area contributed by atoms with Gasteiger partial charge in [0.15, 0.2) is 22.8 Å². The molecule has 0 amide bonds. The Morgan fingerprint density at radius 1 is 0.969 bits per heavy atom. The normalized spacial score (nSPS) is 11.0. The average Bonchev–Trinajstić information content (AvgIpc) is 3.29. The highest BCUT2D eigenvalue weighted by Gasteiger charge is 2.26. The van der Waals surface area contributed by atoms with E-state index in [2.05, 4.69) is 10.1 Å². The Morgan fingerprint density at radius 2 is 1.69 bits per heavy atom. The summed E-state index contributed by atoms with van der Waals surface area (Å²) in [4.78, 5) is 16.5. The second-order valence-corrected chi connectivity index (χ2v) is 7.37. The summed E-state index contributed by atoms with van der Waals surface area (Å²) in [5.74, 6) is -0.113. The maximum atomic E-state index is 12.2. The van der Waals surface area contributed by atoms with E-state index < -0.39 is 5.97 Å². The number of halogens is 1. The van der Waals surface area contributed by atoms with Crippen molar-refractivity contribution in [2.75, 3.05) is 0 Å². The maximum Gasteiger partial charge on any atom is 0.358 e. The highest BCUT2D eigenvalue weighted by molar-refractivity contribution is 6.34. The first-order chi connectivity index (χ1) is 15.6. The smallest absolute Gasteiger partial charge is 0.358 e. The highest BCUT2D eigenvalue weighted by Crippen LogP contribution is 2.43. The Hall–Kier alpha value is -4.10. The summed E-state index contributed by atoms with van der Waals surface area (Å²) >= 11 is 6.51. The molecule has 0 aliphatic carbocycles. The summed E-state index contributed by atoms with van der Waals surface area (Å²) in [5, 5.41) is 15.5. The van der Waals surface area contributed by atoms with Crippen LogP contribution in [-0.2, 0) is 6.61 Å². The van der Waals surface area contributed by atoms with Gasteiger partial charge in [0.2, 0.25) is 0 Å². The van der Waals surface area contributed by atoms with Crippen molar-refractivity contribution >= 4 is 34.0 Å². The third kappa shape index (κ3) is 3.48. The molecule has 0 unspecified atom stereocenters. The Labute approximate surface area is 187 Å². The molecule has 158 valence electrons. The van der Waals surface area contributed by atoms with E-state index in [1.165, 1.54) is 10.8 Å². The number of nitrogens with zero attached hydrogens (tertiary/aromatic N) is 3. The van der Waals surface area contributed by atoms with Crippen molar-refractivity contribution in [3.63, 3.8) is 0 Å². The minimum absolute atomic E-state index is 0.131. The molecule has 5 aromatic rings. The Morgan fingerprint density at radius 3 is 2.41 bits per heavy atom. The molecule has 2 aromatic heterocycles. The summed E-state index contributed by atoms with van der Waals surface area (Å²) in [6.07, 6.45) is 1.29. The number of benzene rings is 3. The first kappa shape index (κ1) is 19.8. The number of aromatic nitrogens is 3. The van der Waals surface area contributed by atoms with Crippen LogP contribution in [0.4, 0.5) is 0 Å². The molecule has 0 fully saturated rings. The number of pyridine rings is 1. The standard InChI is InChI=1S/C24H16ClN3O4/c25-18-12-11-17-19(22(18)32-16-9-5-2-6-10-16)23-26-14-27-28(23)20(24(29)30)21(17)31-13-15-7-3-1-4-8-15/h1-12,14H,13H2,(H,29,30). The molecule has 8 heteroatoms. The fourth-order valence-electron chi connectivity index (χ4n) is 3.54. The fourth-order valence-corrected chi connectivity index (χ4v) is 3.73. The number of fused-ring (bicyclic) bond motifs is 3. The lowest BCUT2D eigenvalue weighted by Crippen LogP contribution is -2.11. The molecule has 0 spiro atoms. The van der Waals surface area contributed by atoms with Crippen LogP contribution in [-0.4, -0.2) is 25.7 Å². The van der Waals surface area contributed by atoms with Gasteiger partial charge in [-0.3, -0.25) is 0 Å². The predicted octanol–water partition coefficient (Wildman–Crippen LogP) is 5.61. The molecule has 7 nitrogen and oxygen atoms in total. The first-order valence-electron chi connectivity index (χ1n) is 9.74. The minimum Gasteiger partial charge on any atom is -0.486 e. The third-order valence-corrected chi connectivity index (χ3v) is 5.24. The van der Waals surface area contributed by atoms with Crippen molar-refractivity contribution in [3.8, 4) is 17.2 Å². The zero-order valence-corrected chi connectivity index (χ0v) is 17.4. The molecule has 0 atom stereocenters. The zero-order valence-electron chi connectivity index (χ0n) is 16.6. The lowest BCUT2D eigenvalue weighted by atomic mass is 10.1.